The first-order valence-electron chi connectivity index (χ1n) is 3.63. The van der Waals surface area contributed by atoms with Gasteiger partial charge in [-0.2, -0.15) is 0 Å². The smallest absolute Gasteiger partial charge is 0.134 e. The molecule has 2 N–H and O–H groups in total. The summed E-state index contributed by atoms with van der Waals surface area (Å²) in [5, 5.41) is 0.508. The lowest BCUT2D eigenvalue weighted by atomic mass is 10.1. The van der Waals surface area contributed by atoms with Gasteiger partial charge in [0, 0.05) is 6.42 Å². The average molecular weight is 184 g/mol. The van der Waals surface area contributed by atoms with Gasteiger partial charge in [-0.05, 0) is 24.6 Å². The lowest BCUT2D eigenvalue weighted by molar-refractivity contribution is -0.116. The van der Waals surface area contributed by atoms with E-state index in [1.54, 1.807) is 19.1 Å². The molecule has 0 unspecified atom stereocenters. The summed E-state index contributed by atoms with van der Waals surface area (Å²) in [7, 11) is 0. The first-order chi connectivity index (χ1) is 5.59. The molecule has 0 atom stereocenters. The molecule has 64 valence electrons. The van der Waals surface area contributed by atoms with Crippen LogP contribution in [0.1, 0.15) is 12.5 Å². The molecule has 0 bridgehead atoms. The highest BCUT2D eigenvalue weighted by Gasteiger charge is 2.00. The van der Waals surface area contributed by atoms with Gasteiger partial charge in [-0.25, -0.2) is 0 Å². The maximum Gasteiger partial charge on any atom is 0.134 e. The van der Waals surface area contributed by atoms with Crippen molar-refractivity contribution in [3.63, 3.8) is 0 Å². The number of rotatable bonds is 2. The molecule has 1 aromatic rings. The minimum Gasteiger partial charge on any atom is -0.398 e. The SMILES string of the molecule is CC(=O)Cc1ccc(N)c(Cl)c1. The summed E-state index contributed by atoms with van der Waals surface area (Å²) in [4.78, 5) is 10.7. The Morgan fingerprint density at radius 1 is 1.58 bits per heavy atom. The van der Waals surface area contributed by atoms with E-state index in [1.807, 2.05) is 6.07 Å². The van der Waals surface area contributed by atoms with Crippen molar-refractivity contribution in [3.05, 3.63) is 28.8 Å². The topological polar surface area (TPSA) is 43.1 Å². The van der Waals surface area contributed by atoms with Crippen LogP contribution in [0.25, 0.3) is 0 Å². The van der Waals surface area contributed by atoms with Gasteiger partial charge in [-0.3, -0.25) is 4.79 Å². The van der Waals surface area contributed by atoms with E-state index in [1.165, 1.54) is 0 Å². The Balaban J connectivity index is 2.89. The van der Waals surface area contributed by atoms with Crippen molar-refractivity contribution in [2.24, 2.45) is 0 Å². The molecular weight excluding hydrogens is 174 g/mol. The Kier molecular flexibility index (Phi) is 2.71. The number of nitrogen functional groups attached to an aromatic ring is 1. The molecule has 2 nitrogen and oxygen atoms in total. The van der Waals surface area contributed by atoms with Gasteiger partial charge < -0.3 is 5.73 Å². The van der Waals surface area contributed by atoms with Crippen LogP contribution in [-0.2, 0) is 11.2 Å². The average Bonchev–Trinajstić information content (AvgIpc) is 1.96. The van der Waals surface area contributed by atoms with Crippen molar-refractivity contribution in [3.8, 4) is 0 Å². The number of halogens is 1. The lowest BCUT2D eigenvalue weighted by Crippen LogP contribution is -1.96. The van der Waals surface area contributed by atoms with Crippen LogP contribution in [0.4, 0.5) is 5.69 Å². The Morgan fingerprint density at radius 3 is 2.75 bits per heavy atom. The second kappa shape index (κ2) is 3.59. The molecule has 0 radical (unpaired) electrons. The maximum atomic E-state index is 10.7. The molecule has 0 aliphatic carbocycles. The summed E-state index contributed by atoms with van der Waals surface area (Å²) in [6, 6.07) is 5.24. The number of nitrogens with two attached hydrogens (primary N) is 1. The first kappa shape index (κ1) is 9.07. The third kappa shape index (κ3) is 2.24. The Morgan fingerprint density at radius 2 is 2.25 bits per heavy atom. The zero-order valence-electron chi connectivity index (χ0n) is 6.80. The molecule has 0 amide bonds. The van der Waals surface area contributed by atoms with E-state index in [0.717, 1.165) is 5.56 Å². The second-order valence-corrected chi connectivity index (χ2v) is 3.14. The summed E-state index contributed by atoms with van der Waals surface area (Å²) in [5.41, 5.74) is 6.95. The van der Waals surface area contributed by atoms with Gasteiger partial charge in [0.1, 0.15) is 5.78 Å². The standard InChI is InChI=1S/C9H10ClNO/c1-6(12)4-7-2-3-9(11)8(10)5-7/h2-3,5H,4,11H2,1H3. The number of hydrogen-bond acceptors (Lipinski definition) is 2. The third-order valence-electron chi connectivity index (χ3n) is 1.52. The van der Waals surface area contributed by atoms with Crippen molar-refractivity contribution in [2.75, 3.05) is 5.73 Å². The zero-order chi connectivity index (χ0) is 9.14. The molecule has 1 aromatic carbocycles. The summed E-state index contributed by atoms with van der Waals surface area (Å²) >= 11 is 5.76. The van der Waals surface area contributed by atoms with Crippen LogP contribution in [0, 0.1) is 0 Å². The molecule has 0 heterocycles. The quantitative estimate of drug-likeness (QED) is 0.714. The van der Waals surface area contributed by atoms with Gasteiger partial charge in [-0.15, -0.1) is 0 Å². The van der Waals surface area contributed by atoms with Gasteiger partial charge in [0.05, 0.1) is 10.7 Å². The number of Topliss-reactive ketones (excluding diaryl/α,β-unsaturated/α-hetero) is 1. The van der Waals surface area contributed by atoms with Crippen LogP contribution in [0.2, 0.25) is 5.02 Å². The Labute approximate surface area is 76.3 Å². The van der Waals surface area contributed by atoms with Crippen LogP contribution >= 0.6 is 11.6 Å². The van der Waals surface area contributed by atoms with Crippen molar-refractivity contribution >= 4 is 23.1 Å². The molecule has 3 heteroatoms. The van der Waals surface area contributed by atoms with E-state index in [4.69, 9.17) is 17.3 Å². The molecule has 0 aliphatic rings. The summed E-state index contributed by atoms with van der Waals surface area (Å²) in [5.74, 6) is 0.121. The van der Waals surface area contributed by atoms with Gasteiger partial charge in [0.25, 0.3) is 0 Å². The van der Waals surface area contributed by atoms with Crippen molar-refractivity contribution in [1.82, 2.24) is 0 Å². The van der Waals surface area contributed by atoms with Gasteiger partial charge in [-0.1, -0.05) is 17.7 Å². The van der Waals surface area contributed by atoms with E-state index in [2.05, 4.69) is 0 Å². The van der Waals surface area contributed by atoms with Crippen LogP contribution in [0.5, 0.6) is 0 Å². The molecule has 12 heavy (non-hydrogen) atoms. The van der Waals surface area contributed by atoms with E-state index in [0.29, 0.717) is 17.1 Å². The minimum atomic E-state index is 0.121. The van der Waals surface area contributed by atoms with Gasteiger partial charge >= 0.3 is 0 Å². The zero-order valence-corrected chi connectivity index (χ0v) is 7.56. The molecule has 0 spiro atoms. The third-order valence-corrected chi connectivity index (χ3v) is 1.85. The number of hydrogen-bond donors (Lipinski definition) is 1. The van der Waals surface area contributed by atoms with Gasteiger partial charge in [0.2, 0.25) is 0 Å². The second-order valence-electron chi connectivity index (χ2n) is 2.73. The highest BCUT2D eigenvalue weighted by Crippen LogP contribution is 2.19. The monoisotopic (exact) mass is 183 g/mol. The molecule has 0 aromatic heterocycles. The first-order valence-corrected chi connectivity index (χ1v) is 4.00. The predicted molar refractivity (Wildman–Crippen MR) is 50.2 cm³/mol. The fourth-order valence-corrected chi connectivity index (χ4v) is 1.17. The minimum absolute atomic E-state index is 0.121. The van der Waals surface area contributed by atoms with Crippen LogP contribution in [0.3, 0.4) is 0 Å². The maximum absolute atomic E-state index is 10.7. The number of benzene rings is 1. The van der Waals surface area contributed by atoms with E-state index >= 15 is 0 Å². The lowest BCUT2D eigenvalue weighted by Gasteiger charge is -2.00. The fraction of sp³-hybridized carbons (Fsp3) is 0.222. The van der Waals surface area contributed by atoms with E-state index in [9.17, 15) is 4.79 Å². The molecule has 0 aliphatic heterocycles. The van der Waals surface area contributed by atoms with E-state index < -0.39 is 0 Å². The Hall–Kier alpha value is -1.02. The summed E-state index contributed by atoms with van der Waals surface area (Å²) in [6.45, 7) is 1.55. The van der Waals surface area contributed by atoms with Crippen molar-refractivity contribution in [1.29, 1.82) is 0 Å². The highest BCUT2D eigenvalue weighted by molar-refractivity contribution is 6.33. The molecule has 1 rings (SSSR count). The molecule has 0 saturated heterocycles. The molecule has 0 saturated carbocycles. The van der Waals surface area contributed by atoms with Gasteiger partial charge in [0.15, 0.2) is 0 Å². The highest BCUT2D eigenvalue weighted by atomic mass is 35.5. The predicted octanol–water partition coefficient (Wildman–Crippen LogP) is 2.05. The van der Waals surface area contributed by atoms with Crippen LogP contribution < -0.4 is 5.73 Å². The normalized spacial score (nSPS) is 9.83. The van der Waals surface area contributed by atoms with Crippen LogP contribution in [-0.4, -0.2) is 5.78 Å². The summed E-state index contributed by atoms with van der Waals surface area (Å²) < 4.78 is 0. The van der Waals surface area contributed by atoms with Crippen LogP contribution in [0.15, 0.2) is 18.2 Å². The number of carbonyl (C=O) groups excluding carboxylic acids is 1. The summed E-state index contributed by atoms with van der Waals surface area (Å²) in [6.07, 6.45) is 0.417. The Bertz CT molecular complexity index is 309. The molecule has 0 fully saturated rings. The molecular formula is C9H10ClNO. The fourth-order valence-electron chi connectivity index (χ4n) is 0.968. The van der Waals surface area contributed by atoms with E-state index in [-0.39, 0.29) is 5.78 Å². The largest absolute Gasteiger partial charge is 0.398 e. The number of ketones is 1. The van der Waals surface area contributed by atoms with Crippen molar-refractivity contribution in [2.45, 2.75) is 13.3 Å². The number of anilines is 1. The van der Waals surface area contributed by atoms with Crippen molar-refractivity contribution < 1.29 is 4.79 Å². The number of carbonyl (C=O) groups is 1.